The third-order valence-corrected chi connectivity index (χ3v) is 10.4. The van der Waals surface area contributed by atoms with Crippen molar-refractivity contribution in [1.29, 1.82) is 0 Å². The van der Waals surface area contributed by atoms with Gasteiger partial charge in [-0.25, -0.2) is 22.9 Å². The topological polar surface area (TPSA) is 174 Å². The normalized spacial score (nSPS) is 16.0. The molecule has 0 saturated carbocycles. The van der Waals surface area contributed by atoms with Gasteiger partial charge in [-0.2, -0.15) is 4.98 Å². The van der Waals surface area contributed by atoms with Gasteiger partial charge >= 0.3 is 6.03 Å². The summed E-state index contributed by atoms with van der Waals surface area (Å²) in [6.07, 6.45) is 3.68. The molecule has 0 radical (unpaired) electrons. The van der Waals surface area contributed by atoms with Crippen LogP contribution in [-0.2, 0) is 21.4 Å². The largest absolute Gasteiger partial charge is 0.492 e. The molecular formula is C37H46N10O5S. The Kier molecular flexibility index (Phi) is 11.5. The first-order valence-electron chi connectivity index (χ1n) is 17.6. The number of pyridine rings is 1. The first kappa shape index (κ1) is 37.6. The molecule has 2 fully saturated rings. The molecule has 0 spiro atoms. The predicted octanol–water partition coefficient (Wildman–Crippen LogP) is 4.39. The Morgan fingerprint density at radius 2 is 1.62 bits per heavy atom. The molecular weight excluding hydrogens is 697 g/mol. The summed E-state index contributed by atoms with van der Waals surface area (Å²) in [5, 5.41) is 8.79. The average molecular weight is 743 g/mol. The lowest BCUT2D eigenvalue weighted by atomic mass is 10.1. The van der Waals surface area contributed by atoms with Crippen LogP contribution in [-0.4, -0.2) is 96.5 Å². The number of aromatic nitrogens is 3. The molecule has 4 N–H and O–H groups in total. The van der Waals surface area contributed by atoms with Crippen molar-refractivity contribution in [2.45, 2.75) is 51.1 Å². The van der Waals surface area contributed by atoms with Gasteiger partial charge in [0.05, 0.1) is 22.5 Å². The Bertz CT molecular complexity index is 2010. The highest BCUT2D eigenvalue weighted by atomic mass is 32.2. The fourth-order valence-corrected chi connectivity index (χ4v) is 7.37. The van der Waals surface area contributed by atoms with Crippen molar-refractivity contribution in [2.75, 3.05) is 61.4 Å². The first-order chi connectivity index (χ1) is 25.3. The average Bonchev–Trinajstić information content (AvgIpc) is 3.11. The predicted molar refractivity (Wildman–Crippen MR) is 203 cm³/mol. The van der Waals surface area contributed by atoms with E-state index in [-0.39, 0.29) is 17.2 Å². The summed E-state index contributed by atoms with van der Waals surface area (Å²) < 4.78 is 34.4. The van der Waals surface area contributed by atoms with Crippen LogP contribution in [0.15, 0.2) is 78.0 Å². The van der Waals surface area contributed by atoms with E-state index in [4.69, 9.17) is 4.74 Å². The van der Waals surface area contributed by atoms with Crippen LogP contribution in [0.2, 0.25) is 0 Å². The zero-order chi connectivity index (χ0) is 37.6. The van der Waals surface area contributed by atoms with Gasteiger partial charge in [0.25, 0.3) is 0 Å². The highest BCUT2D eigenvalue weighted by Crippen LogP contribution is 2.25. The van der Waals surface area contributed by atoms with Crippen LogP contribution < -0.4 is 30.3 Å². The van der Waals surface area contributed by atoms with Crippen molar-refractivity contribution >= 4 is 50.8 Å². The second-order valence-corrected chi connectivity index (χ2v) is 15.8. The summed E-state index contributed by atoms with van der Waals surface area (Å²) in [5.41, 5.74) is 3.20. The van der Waals surface area contributed by atoms with Crippen molar-refractivity contribution in [1.82, 2.24) is 34.8 Å². The molecule has 16 heteroatoms. The molecule has 0 unspecified atom stereocenters. The number of rotatable bonds is 13. The highest BCUT2D eigenvalue weighted by molar-refractivity contribution is 7.89. The number of hydrogen-bond donors (Lipinski definition) is 4. The smallest absolute Gasteiger partial charge is 0.328 e. The summed E-state index contributed by atoms with van der Waals surface area (Å²) in [7, 11) is -3.69. The number of ether oxygens (including phenoxy) is 1. The van der Waals surface area contributed by atoms with Crippen LogP contribution in [0.1, 0.15) is 38.4 Å². The fraction of sp³-hybridized carbons (Fsp3) is 0.378. The molecule has 4 heterocycles. The number of anilines is 5. The lowest BCUT2D eigenvalue weighted by Crippen LogP contribution is -2.49. The first-order valence-corrected chi connectivity index (χ1v) is 19.0. The maximum absolute atomic E-state index is 12.8. The number of aryl methyl sites for hydroxylation is 1. The summed E-state index contributed by atoms with van der Waals surface area (Å²) in [6.45, 7) is 13.4. The second kappa shape index (κ2) is 16.2. The lowest BCUT2D eigenvalue weighted by molar-refractivity contribution is -0.120. The van der Waals surface area contributed by atoms with E-state index < -0.39 is 21.6 Å². The number of hydrogen-bond acceptors (Lipinski definition) is 12. The third kappa shape index (κ3) is 10.5. The van der Waals surface area contributed by atoms with Crippen molar-refractivity contribution < 1.29 is 22.7 Å². The van der Waals surface area contributed by atoms with Gasteiger partial charge in [-0.15, -0.1) is 0 Å². The molecule has 4 aromatic rings. The van der Waals surface area contributed by atoms with E-state index in [2.05, 4.69) is 45.4 Å². The van der Waals surface area contributed by atoms with Gasteiger partial charge in [-0.05, 0) is 82.3 Å². The van der Waals surface area contributed by atoms with Gasteiger partial charge in [-0.3, -0.25) is 29.8 Å². The molecule has 2 aromatic heterocycles. The van der Waals surface area contributed by atoms with Crippen LogP contribution in [0.3, 0.4) is 0 Å². The maximum atomic E-state index is 12.8. The van der Waals surface area contributed by atoms with Gasteiger partial charge in [-0.1, -0.05) is 6.07 Å². The number of benzene rings is 2. The number of imide groups is 1. The van der Waals surface area contributed by atoms with Gasteiger partial charge in [0.1, 0.15) is 18.2 Å². The van der Waals surface area contributed by atoms with E-state index in [9.17, 15) is 18.0 Å². The number of amides is 3. The van der Waals surface area contributed by atoms with Crippen LogP contribution in [0.4, 0.5) is 33.6 Å². The Morgan fingerprint density at radius 1 is 0.868 bits per heavy atom. The lowest BCUT2D eigenvalue weighted by Gasteiger charge is -2.34. The van der Waals surface area contributed by atoms with E-state index in [0.717, 1.165) is 62.0 Å². The van der Waals surface area contributed by atoms with E-state index in [1.165, 1.54) is 4.90 Å². The van der Waals surface area contributed by atoms with Crippen molar-refractivity contribution in [3.05, 3.63) is 84.3 Å². The number of sulfonamides is 1. The summed E-state index contributed by atoms with van der Waals surface area (Å²) in [5.74, 6) is 1.46. The maximum Gasteiger partial charge on any atom is 0.328 e. The molecule has 280 valence electrons. The van der Waals surface area contributed by atoms with Gasteiger partial charge in [0, 0.05) is 80.9 Å². The van der Waals surface area contributed by atoms with Gasteiger partial charge < -0.3 is 15.4 Å². The van der Waals surface area contributed by atoms with E-state index in [1.807, 2.05) is 43.3 Å². The molecule has 6 rings (SSSR count). The van der Waals surface area contributed by atoms with E-state index in [1.54, 1.807) is 57.4 Å². The fourth-order valence-electron chi connectivity index (χ4n) is 5.91. The minimum atomic E-state index is -3.69. The Hall–Kier alpha value is -5.16. The summed E-state index contributed by atoms with van der Waals surface area (Å²) in [4.78, 5) is 43.6. The number of nitrogens with zero attached hydrogens (tertiary/aromatic N) is 6. The molecule has 2 aliphatic rings. The second-order valence-electron chi connectivity index (χ2n) is 14.1. The minimum absolute atomic E-state index is 0.161. The zero-order valence-electron chi connectivity index (χ0n) is 30.4. The van der Waals surface area contributed by atoms with E-state index in [0.29, 0.717) is 36.3 Å². The number of carbonyl (C=O) groups excluding carboxylic acids is 2. The molecule has 0 atom stereocenters. The molecule has 2 saturated heterocycles. The molecule has 3 amide bonds. The standard InChI is InChI=1S/C37H46N10O5S/c1-26-23-39-35(43-34(26)40-28-6-5-7-32(22-28)53(50,51)44-37(2,3)4)41-27-9-12-31(13-10-27)52-21-20-45-16-18-46(19-17-45)25-29-8-11-30(24-38-29)47-15-14-33(48)42-36(47)49/h5-13,22-24,44H,14-21,25H2,1-4H3,(H,42,48,49)(H2,39,40,41,43). The number of nitrogens with one attached hydrogen (secondary N) is 4. The highest BCUT2D eigenvalue weighted by Gasteiger charge is 2.25. The minimum Gasteiger partial charge on any atom is -0.492 e. The zero-order valence-corrected chi connectivity index (χ0v) is 31.2. The monoisotopic (exact) mass is 742 g/mol. The van der Waals surface area contributed by atoms with Crippen molar-refractivity contribution in [3.63, 3.8) is 0 Å². The molecule has 0 aliphatic carbocycles. The van der Waals surface area contributed by atoms with Crippen molar-refractivity contribution in [2.24, 2.45) is 0 Å². The Labute approximate surface area is 310 Å². The summed E-state index contributed by atoms with van der Waals surface area (Å²) in [6, 6.07) is 17.6. The van der Waals surface area contributed by atoms with Gasteiger partial charge in [0.15, 0.2) is 0 Å². The molecule has 2 aliphatic heterocycles. The molecule has 0 bridgehead atoms. The SMILES string of the molecule is Cc1cnc(Nc2ccc(OCCN3CCN(Cc4ccc(N5CCC(=O)NC5=O)cn4)CC3)cc2)nc1Nc1cccc(S(=O)(=O)NC(C)(C)C)c1. The third-order valence-electron chi connectivity index (χ3n) is 8.63. The van der Waals surface area contributed by atoms with Crippen molar-refractivity contribution in [3.8, 4) is 5.75 Å². The number of piperazine rings is 1. The number of urea groups is 1. The number of carbonyl (C=O) groups is 2. The summed E-state index contributed by atoms with van der Waals surface area (Å²) >= 11 is 0. The molecule has 53 heavy (non-hydrogen) atoms. The molecule has 2 aromatic carbocycles. The van der Waals surface area contributed by atoms with Crippen LogP contribution in [0.5, 0.6) is 5.75 Å². The Balaban J connectivity index is 0.933. The van der Waals surface area contributed by atoms with Crippen LogP contribution in [0, 0.1) is 6.92 Å². The van der Waals surface area contributed by atoms with E-state index >= 15 is 0 Å². The Morgan fingerprint density at radius 3 is 2.32 bits per heavy atom. The van der Waals surface area contributed by atoms with Crippen LogP contribution >= 0.6 is 0 Å². The van der Waals surface area contributed by atoms with Gasteiger partial charge in [0.2, 0.25) is 21.9 Å². The van der Waals surface area contributed by atoms with Crippen LogP contribution in [0.25, 0.3) is 0 Å². The molecule has 15 nitrogen and oxygen atoms in total. The quantitative estimate of drug-likeness (QED) is 0.152.